The number of rotatable bonds is 8. The Labute approximate surface area is 203 Å². The summed E-state index contributed by atoms with van der Waals surface area (Å²) in [6, 6.07) is 6.61. The van der Waals surface area contributed by atoms with Gasteiger partial charge >= 0.3 is 6.09 Å². The second kappa shape index (κ2) is 11.2. The van der Waals surface area contributed by atoms with E-state index in [4.69, 9.17) is 4.74 Å². The van der Waals surface area contributed by atoms with Crippen LogP contribution in [-0.2, 0) is 20.9 Å². The third kappa shape index (κ3) is 7.46. The van der Waals surface area contributed by atoms with Crippen LogP contribution in [-0.4, -0.2) is 53.0 Å². The lowest BCUT2D eigenvalue weighted by molar-refractivity contribution is -0.126. The molecule has 1 atom stereocenters. The van der Waals surface area contributed by atoms with Gasteiger partial charge in [0.2, 0.25) is 11.8 Å². The molecule has 0 saturated carbocycles. The molecule has 0 spiro atoms. The van der Waals surface area contributed by atoms with E-state index in [0.717, 1.165) is 16.5 Å². The minimum absolute atomic E-state index is 0.0122. The van der Waals surface area contributed by atoms with E-state index in [1.807, 2.05) is 6.07 Å². The van der Waals surface area contributed by atoms with E-state index >= 15 is 0 Å². The number of halogens is 2. The molecule has 3 amide bonds. The molecule has 1 N–H and O–H groups in total. The molecule has 35 heavy (non-hydrogen) atoms. The van der Waals surface area contributed by atoms with Crippen molar-refractivity contribution in [1.82, 2.24) is 15.2 Å². The molecule has 0 bridgehead atoms. The lowest BCUT2D eigenvalue weighted by Gasteiger charge is -2.27. The van der Waals surface area contributed by atoms with Gasteiger partial charge in [-0.15, -0.1) is 0 Å². The molecule has 1 unspecified atom stereocenters. The van der Waals surface area contributed by atoms with Crippen molar-refractivity contribution in [2.45, 2.75) is 45.8 Å². The van der Waals surface area contributed by atoms with E-state index in [-0.39, 0.29) is 31.1 Å². The fourth-order valence-corrected chi connectivity index (χ4v) is 3.72. The predicted octanol–water partition coefficient (Wildman–Crippen LogP) is 3.66. The van der Waals surface area contributed by atoms with E-state index in [1.54, 1.807) is 44.1 Å². The number of carbonyl (C=O) groups excluding carboxylic acids is 3. The van der Waals surface area contributed by atoms with Crippen molar-refractivity contribution in [1.29, 1.82) is 0 Å². The molecule has 1 aliphatic heterocycles. The quantitative estimate of drug-likeness (QED) is 0.573. The second-order valence-corrected chi connectivity index (χ2v) is 9.41. The number of benzene rings is 1. The summed E-state index contributed by atoms with van der Waals surface area (Å²) < 4.78 is 32.7. The number of aromatic nitrogens is 1. The monoisotopic (exact) mass is 488 g/mol. The number of ether oxygens (including phenoxy) is 1. The van der Waals surface area contributed by atoms with Crippen molar-refractivity contribution < 1.29 is 27.9 Å². The Morgan fingerprint density at radius 1 is 1.26 bits per heavy atom. The fraction of sp³-hybridized carbons (Fsp3) is 0.440. The van der Waals surface area contributed by atoms with Crippen LogP contribution in [0.5, 0.6) is 0 Å². The van der Waals surface area contributed by atoms with Gasteiger partial charge in [0.15, 0.2) is 0 Å². The molecule has 1 fully saturated rings. The molecule has 1 aromatic carbocycles. The number of hydrogen-bond donors (Lipinski definition) is 1. The molecular weight excluding hydrogens is 458 g/mol. The highest BCUT2D eigenvalue weighted by molar-refractivity contribution is 6.00. The van der Waals surface area contributed by atoms with Crippen LogP contribution in [0.3, 0.4) is 0 Å². The number of amides is 3. The third-order valence-corrected chi connectivity index (χ3v) is 5.35. The Morgan fingerprint density at radius 2 is 2.03 bits per heavy atom. The summed E-state index contributed by atoms with van der Waals surface area (Å²) in [7, 11) is 0. The predicted molar refractivity (Wildman–Crippen MR) is 125 cm³/mol. The Bertz CT molecular complexity index is 1060. The number of hydrogen-bond acceptors (Lipinski definition) is 5. The summed E-state index contributed by atoms with van der Waals surface area (Å²) in [6.45, 7) is 6.30. The van der Waals surface area contributed by atoms with Gasteiger partial charge in [0, 0.05) is 44.5 Å². The van der Waals surface area contributed by atoms with Crippen LogP contribution in [0, 0.1) is 17.6 Å². The molecule has 0 aliphatic carbocycles. The molecule has 8 nitrogen and oxygen atoms in total. The molecule has 1 aromatic heterocycles. The summed E-state index contributed by atoms with van der Waals surface area (Å²) in [5.41, 5.74) is 0.152. The first-order chi connectivity index (χ1) is 16.5. The second-order valence-electron chi connectivity index (χ2n) is 9.41. The van der Waals surface area contributed by atoms with Gasteiger partial charge < -0.3 is 19.9 Å². The highest BCUT2D eigenvalue weighted by atomic mass is 19.1. The summed E-state index contributed by atoms with van der Waals surface area (Å²) in [6.07, 6.45) is 3.25. The van der Waals surface area contributed by atoms with Crippen LogP contribution in [0.1, 0.15) is 39.2 Å². The number of pyridine rings is 1. The number of anilines is 1. The summed E-state index contributed by atoms with van der Waals surface area (Å²) >= 11 is 0. The van der Waals surface area contributed by atoms with Gasteiger partial charge in [0.1, 0.15) is 17.2 Å². The molecule has 2 heterocycles. The van der Waals surface area contributed by atoms with Gasteiger partial charge in [0.05, 0.1) is 18.2 Å². The molecule has 0 radical (unpaired) electrons. The van der Waals surface area contributed by atoms with Gasteiger partial charge in [-0.25, -0.2) is 13.6 Å². The highest BCUT2D eigenvalue weighted by Crippen LogP contribution is 2.28. The normalized spacial score (nSPS) is 15.7. The third-order valence-electron chi connectivity index (χ3n) is 5.35. The van der Waals surface area contributed by atoms with E-state index < -0.39 is 35.2 Å². The lowest BCUT2D eigenvalue weighted by atomic mass is 10.1. The number of carbonyl (C=O) groups is 3. The largest absolute Gasteiger partial charge is 0.444 e. The van der Waals surface area contributed by atoms with Gasteiger partial charge in [-0.2, -0.15) is 0 Å². The van der Waals surface area contributed by atoms with Crippen LogP contribution < -0.4 is 10.2 Å². The zero-order valence-electron chi connectivity index (χ0n) is 20.1. The smallest absolute Gasteiger partial charge is 0.410 e. The van der Waals surface area contributed by atoms with E-state index in [9.17, 15) is 23.2 Å². The first-order valence-electron chi connectivity index (χ1n) is 11.4. The molecular formula is C25H30F2N4O4. The van der Waals surface area contributed by atoms with Crippen LogP contribution >= 0.6 is 0 Å². The highest BCUT2D eigenvalue weighted by Gasteiger charge is 2.36. The molecule has 1 saturated heterocycles. The first kappa shape index (κ1) is 26.1. The Balaban J connectivity index is 1.52. The Morgan fingerprint density at radius 3 is 2.69 bits per heavy atom. The fourth-order valence-electron chi connectivity index (χ4n) is 3.72. The van der Waals surface area contributed by atoms with Crippen molar-refractivity contribution >= 4 is 23.6 Å². The summed E-state index contributed by atoms with van der Waals surface area (Å²) in [4.78, 5) is 44.4. The zero-order valence-corrected chi connectivity index (χ0v) is 20.1. The van der Waals surface area contributed by atoms with Crippen molar-refractivity contribution in [3.8, 4) is 0 Å². The SMILES string of the molecule is CC(C)(C)OC(=O)N(CCCNC(=O)C1CC(=O)N(c2ccc(F)cc2F)C1)Cc1cccnc1. The maximum absolute atomic E-state index is 14.1. The molecule has 1 aliphatic rings. The van der Waals surface area contributed by atoms with Crippen LogP contribution in [0.25, 0.3) is 0 Å². The van der Waals surface area contributed by atoms with Gasteiger partial charge in [-0.3, -0.25) is 14.6 Å². The lowest BCUT2D eigenvalue weighted by Crippen LogP contribution is -2.39. The van der Waals surface area contributed by atoms with Gasteiger partial charge in [-0.05, 0) is 51.0 Å². The maximum Gasteiger partial charge on any atom is 0.410 e. The number of nitrogens with one attached hydrogen (secondary N) is 1. The zero-order chi connectivity index (χ0) is 25.6. The summed E-state index contributed by atoms with van der Waals surface area (Å²) in [5.74, 6) is -2.97. The van der Waals surface area contributed by atoms with Crippen LogP contribution in [0.2, 0.25) is 0 Å². The maximum atomic E-state index is 14.1. The topological polar surface area (TPSA) is 91.8 Å². The average molecular weight is 489 g/mol. The van der Waals surface area contributed by atoms with Gasteiger partial charge in [-0.1, -0.05) is 6.07 Å². The minimum Gasteiger partial charge on any atom is -0.444 e. The number of nitrogens with zero attached hydrogens (tertiary/aromatic N) is 3. The molecule has 3 rings (SSSR count). The van der Waals surface area contributed by atoms with Crippen molar-refractivity contribution in [3.63, 3.8) is 0 Å². The van der Waals surface area contributed by atoms with Gasteiger partial charge in [0.25, 0.3) is 0 Å². The molecule has 2 aromatic rings. The van der Waals surface area contributed by atoms with Crippen molar-refractivity contribution in [3.05, 3.63) is 59.9 Å². The van der Waals surface area contributed by atoms with Crippen molar-refractivity contribution in [2.24, 2.45) is 5.92 Å². The van der Waals surface area contributed by atoms with E-state index in [1.165, 1.54) is 6.07 Å². The standard InChI is InChI=1S/C25H30F2N4O4/c1-25(2,3)35-24(34)30(15-17-6-4-9-28-14-17)11-5-10-29-23(33)18-12-22(32)31(16-18)21-8-7-19(26)13-20(21)27/h4,6-9,13-14,18H,5,10-12,15-16H2,1-3H3,(H,29,33). The van der Waals surface area contributed by atoms with E-state index in [0.29, 0.717) is 25.6 Å². The van der Waals surface area contributed by atoms with Crippen LogP contribution in [0.15, 0.2) is 42.7 Å². The Kier molecular flexibility index (Phi) is 8.37. The molecule has 188 valence electrons. The average Bonchev–Trinajstić information content (AvgIpc) is 3.16. The van der Waals surface area contributed by atoms with Crippen molar-refractivity contribution in [2.75, 3.05) is 24.5 Å². The molecule has 10 heteroatoms. The van der Waals surface area contributed by atoms with E-state index in [2.05, 4.69) is 10.3 Å². The van der Waals surface area contributed by atoms with Crippen LogP contribution in [0.4, 0.5) is 19.3 Å². The summed E-state index contributed by atoms with van der Waals surface area (Å²) in [5, 5.41) is 2.78. The first-order valence-corrected chi connectivity index (χ1v) is 11.4. The Hall–Kier alpha value is -3.56. The minimum atomic E-state index is -0.852.